The molecule has 6 aromatic rings. The molecule has 0 saturated carbocycles. The number of rotatable bonds is 12. The number of nitrogens with zero attached hydrogens (tertiary/aromatic N) is 6. The third kappa shape index (κ3) is 16.9. The number of allylic oxidation sites excluding steroid dienone is 1. The first kappa shape index (κ1) is 53.5. The molecule has 63 heavy (non-hydrogen) atoms. The van der Waals surface area contributed by atoms with Crippen molar-refractivity contribution in [3.05, 3.63) is 165 Å². The summed E-state index contributed by atoms with van der Waals surface area (Å²) in [5.74, 6) is 0. The van der Waals surface area contributed by atoms with Gasteiger partial charge < -0.3 is 0 Å². The molecule has 11 heteroatoms. The van der Waals surface area contributed by atoms with Crippen LogP contribution in [0.1, 0.15) is 6.92 Å². The van der Waals surface area contributed by atoms with Crippen LogP contribution in [0.4, 0.5) is 34.1 Å². The zero-order valence-corrected chi connectivity index (χ0v) is 46.3. The van der Waals surface area contributed by atoms with Gasteiger partial charge in [0.15, 0.2) is 0 Å². The van der Waals surface area contributed by atoms with Gasteiger partial charge in [0.25, 0.3) is 0 Å². The summed E-state index contributed by atoms with van der Waals surface area (Å²) in [5.41, 5.74) is 8.35. The van der Waals surface area contributed by atoms with Crippen LogP contribution in [-0.4, -0.2) is 114 Å². The topological polar surface area (TPSA) is 19.4 Å². The Hall–Kier alpha value is -3.82. The molecule has 1 radical (unpaired) electrons. The van der Waals surface area contributed by atoms with Crippen molar-refractivity contribution in [3.63, 3.8) is 0 Å². The van der Waals surface area contributed by atoms with E-state index in [2.05, 4.69) is 273 Å². The van der Waals surface area contributed by atoms with E-state index in [0.717, 1.165) is 5.57 Å². The second-order valence-electron chi connectivity index (χ2n) is 16.1. The van der Waals surface area contributed by atoms with Crippen molar-refractivity contribution >= 4 is 109 Å². The van der Waals surface area contributed by atoms with Crippen LogP contribution in [0.3, 0.4) is 0 Å². The predicted molar refractivity (Wildman–Crippen MR) is 286 cm³/mol. The van der Waals surface area contributed by atoms with Gasteiger partial charge in [0.2, 0.25) is 0 Å². The predicted octanol–water partition coefficient (Wildman–Crippen LogP) is 7.57. The van der Waals surface area contributed by atoms with Gasteiger partial charge >= 0.3 is 384 Å². The molecule has 0 bridgehead atoms. The van der Waals surface area contributed by atoms with E-state index in [9.17, 15) is 0 Å². The van der Waals surface area contributed by atoms with Gasteiger partial charge in [0.05, 0.1) is 0 Å². The number of anilines is 6. The fourth-order valence-electron chi connectivity index (χ4n) is 6.29. The molecule has 6 nitrogen and oxygen atoms in total. The summed E-state index contributed by atoms with van der Waals surface area (Å²) in [4.78, 5) is 12.9. The molecule has 0 aliphatic rings. The summed E-state index contributed by atoms with van der Waals surface area (Å²) in [6.45, 7) is 8.75. The molecule has 0 aromatic heterocycles. The summed E-state index contributed by atoms with van der Waals surface area (Å²) in [6, 6.07) is 54.6. The number of benzene rings is 6. The molecule has 0 fully saturated rings. The summed E-state index contributed by atoms with van der Waals surface area (Å²) in [6.07, 6.45) is 0. The van der Waals surface area contributed by atoms with Gasteiger partial charge in [-0.05, 0) is 13.8 Å². The van der Waals surface area contributed by atoms with Crippen LogP contribution in [0.15, 0.2) is 158 Å². The first-order valence-corrected chi connectivity index (χ1v) is 30.3. The van der Waals surface area contributed by atoms with E-state index in [1.807, 2.05) is 6.92 Å². The Morgan fingerprint density at radius 1 is 0.333 bits per heavy atom. The Kier molecular flexibility index (Phi) is 22.8. The van der Waals surface area contributed by atoms with Gasteiger partial charge in [-0.15, -0.1) is 6.58 Å². The first-order chi connectivity index (χ1) is 29.9. The number of hydrogen-bond acceptors (Lipinski definition) is 6. The average Bonchev–Trinajstić information content (AvgIpc) is 3.25. The monoisotopic (exact) mass is 1100 g/mol. The van der Waals surface area contributed by atoms with E-state index < -0.39 is 29.3 Å². The minimum absolute atomic E-state index is 0.226. The number of hydrogen-bond donors (Lipinski definition) is 0. The van der Waals surface area contributed by atoms with Crippen LogP contribution in [0.25, 0.3) is 0 Å². The van der Waals surface area contributed by atoms with Crippen LogP contribution in [0, 0.1) is 6.92 Å². The molecule has 0 aliphatic carbocycles. The summed E-state index contributed by atoms with van der Waals surface area (Å²) in [5, 5.41) is 0. The van der Waals surface area contributed by atoms with Gasteiger partial charge in [0.1, 0.15) is 0 Å². The minimum atomic E-state index is -1.61. The van der Waals surface area contributed by atoms with Gasteiger partial charge in [-0.3, -0.25) is 0 Å². The van der Waals surface area contributed by atoms with Crippen molar-refractivity contribution in [2.24, 2.45) is 0 Å². The Morgan fingerprint density at radius 3 is 0.508 bits per heavy atom. The van der Waals surface area contributed by atoms with Crippen molar-refractivity contribution in [1.29, 1.82) is 0 Å². The van der Waals surface area contributed by atoms with Crippen LogP contribution < -0.4 is 55.5 Å². The molecule has 0 N–H and O–H groups in total. The van der Waals surface area contributed by atoms with Crippen LogP contribution in [-0.2, 0) is 15.1 Å². The summed E-state index contributed by atoms with van der Waals surface area (Å²) >= 11 is -3.44. The molecule has 0 unspecified atom stereocenters. The Bertz CT molecular complexity index is 1810. The maximum absolute atomic E-state index is 4.83. The SMILES string of the molecule is CN(C)c1ccc([As](c2ccc(N(C)C)cc2)c2ccc(N(C)C)cc2)cc1.CN(C)c1ccc([As](c2ccc(N(C)C)cc2)c2ccc(N(C)C)cc2)cc1.[CH2]C(=C)C.[Cl][Rh][Cl]. The van der Waals surface area contributed by atoms with Crippen LogP contribution in [0.5, 0.6) is 0 Å². The van der Waals surface area contributed by atoms with E-state index in [1.165, 1.54) is 60.2 Å². The van der Waals surface area contributed by atoms with Crippen LogP contribution >= 0.6 is 19.4 Å². The average molecular weight is 1100 g/mol. The Labute approximate surface area is 406 Å². The maximum atomic E-state index is 4.83. The van der Waals surface area contributed by atoms with E-state index in [1.54, 1.807) is 0 Å². The molecular formula is C52H67As2Cl2N6Rh. The fraction of sp³-hybridized carbons (Fsp3) is 0.250. The zero-order valence-electron chi connectivity index (χ0n) is 39.4. The molecule has 6 aromatic carbocycles. The fourth-order valence-corrected chi connectivity index (χ4v) is 15.7. The van der Waals surface area contributed by atoms with E-state index in [-0.39, 0.29) is 15.1 Å². The molecule has 6 rings (SSSR count). The standard InChI is InChI=1S/2C24H30AsN3.C4H7.2ClH.Rh/c2*1-26(2)22-13-7-19(8-14-22)25(20-9-15-23(16-10-20)27(3)4)21-11-17-24(18-12-21)28(5)6;1-4(2)3;;;/h2*7-18H,1-6H3;1-2H2,3H3;2*1H;/q;;;;;+2/p-2. The molecule has 0 atom stereocenters. The van der Waals surface area contributed by atoms with E-state index in [4.69, 9.17) is 19.4 Å². The quantitative estimate of drug-likeness (QED) is 0.117. The van der Waals surface area contributed by atoms with Crippen molar-refractivity contribution in [1.82, 2.24) is 0 Å². The van der Waals surface area contributed by atoms with Crippen molar-refractivity contribution in [3.8, 4) is 0 Å². The van der Waals surface area contributed by atoms with Gasteiger partial charge in [-0.1, -0.05) is 5.57 Å². The molecule has 338 valence electrons. The second-order valence-corrected chi connectivity index (χ2v) is 27.9. The van der Waals surface area contributed by atoms with Crippen molar-refractivity contribution in [2.75, 3.05) is 114 Å². The van der Waals surface area contributed by atoms with Crippen molar-refractivity contribution in [2.45, 2.75) is 6.92 Å². The molecule has 0 heterocycles. The molecule has 0 spiro atoms. The summed E-state index contributed by atoms with van der Waals surface area (Å²) in [7, 11) is 34.7. The zero-order chi connectivity index (χ0) is 46.8. The van der Waals surface area contributed by atoms with Gasteiger partial charge in [-0.2, -0.15) is 0 Å². The van der Waals surface area contributed by atoms with Gasteiger partial charge in [-0.25, -0.2) is 0 Å². The number of halogens is 2. The third-order valence-corrected chi connectivity index (χ3v) is 20.0. The van der Waals surface area contributed by atoms with Crippen LogP contribution in [0.2, 0.25) is 0 Å². The van der Waals surface area contributed by atoms with Gasteiger partial charge in [0, 0.05) is 0 Å². The third-order valence-electron chi connectivity index (χ3n) is 9.75. The second kappa shape index (κ2) is 26.8. The molecular weight excluding hydrogens is 1030 g/mol. The van der Waals surface area contributed by atoms with Crippen molar-refractivity contribution < 1.29 is 15.1 Å². The molecule has 0 amide bonds. The molecule has 0 aliphatic heterocycles. The normalized spacial score (nSPS) is 10.4. The van der Waals surface area contributed by atoms with E-state index >= 15 is 0 Å². The Morgan fingerprint density at radius 2 is 0.429 bits per heavy atom. The first-order valence-electron chi connectivity index (χ1n) is 20.4. The molecule has 0 saturated heterocycles. The summed E-state index contributed by atoms with van der Waals surface area (Å²) < 4.78 is 8.71. The Balaban J connectivity index is 0.000000292. The van der Waals surface area contributed by atoms with E-state index in [0.29, 0.717) is 0 Å².